The van der Waals surface area contributed by atoms with E-state index in [0.29, 0.717) is 10.9 Å². The third-order valence-electron chi connectivity index (χ3n) is 3.19. The van der Waals surface area contributed by atoms with Gasteiger partial charge in [0.2, 0.25) is 0 Å². The molecule has 0 aliphatic carbocycles. The summed E-state index contributed by atoms with van der Waals surface area (Å²) in [5.41, 5.74) is -0.633. The van der Waals surface area contributed by atoms with Crippen LogP contribution >= 0.6 is 0 Å². The summed E-state index contributed by atoms with van der Waals surface area (Å²) in [4.78, 5) is 13.6. The highest BCUT2D eigenvalue weighted by atomic mass is 19.4. The minimum absolute atomic E-state index is 0.0797. The Morgan fingerprint density at radius 2 is 1.76 bits per heavy atom. The standard InChI is InChI=1S/C16H9F3NO/c17-16(18,19)13-9-14-11(6-7-15(21)20-14)8-12(13)10-4-2-1-3-5-10/h1-6,8-9H,(H,20,21). The fourth-order valence-corrected chi connectivity index (χ4v) is 2.24. The molecule has 2 nitrogen and oxygen atoms in total. The molecule has 1 heterocycles. The molecule has 3 aromatic rings. The third-order valence-corrected chi connectivity index (χ3v) is 3.19. The lowest BCUT2D eigenvalue weighted by Gasteiger charge is -2.14. The van der Waals surface area contributed by atoms with Crippen LogP contribution in [0.3, 0.4) is 0 Å². The smallest absolute Gasteiger partial charge is 0.321 e. The molecule has 1 aromatic heterocycles. The number of nitrogens with one attached hydrogen (secondary N) is 1. The molecule has 0 amide bonds. The summed E-state index contributed by atoms with van der Waals surface area (Å²) in [5, 5.41) is 0.501. The predicted molar refractivity (Wildman–Crippen MR) is 73.8 cm³/mol. The van der Waals surface area contributed by atoms with Crippen LogP contribution in [0.25, 0.3) is 22.0 Å². The fourth-order valence-electron chi connectivity index (χ4n) is 2.24. The lowest BCUT2D eigenvalue weighted by molar-refractivity contribution is -0.137. The number of H-pyrrole nitrogens is 1. The Labute approximate surface area is 117 Å². The molecular formula is C16H9F3NO. The number of fused-ring (bicyclic) bond motifs is 1. The van der Waals surface area contributed by atoms with Crippen molar-refractivity contribution in [2.75, 3.05) is 0 Å². The summed E-state index contributed by atoms with van der Waals surface area (Å²) in [5.74, 6) is 0. The Bertz CT molecular complexity index is 851. The van der Waals surface area contributed by atoms with Crippen molar-refractivity contribution in [1.82, 2.24) is 4.98 Å². The average Bonchev–Trinajstić information content (AvgIpc) is 2.46. The molecule has 1 radical (unpaired) electrons. The molecule has 3 rings (SSSR count). The zero-order valence-corrected chi connectivity index (χ0v) is 10.7. The molecule has 0 saturated heterocycles. The molecule has 0 spiro atoms. The van der Waals surface area contributed by atoms with Gasteiger partial charge in [0.1, 0.15) is 0 Å². The van der Waals surface area contributed by atoms with E-state index in [1.54, 1.807) is 30.3 Å². The largest absolute Gasteiger partial charge is 0.417 e. The first kappa shape index (κ1) is 13.4. The van der Waals surface area contributed by atoms with E-state index < -0.39 is 17.3 Å². The van der Waals surface area contributed by atoms with Crippen molar-refractivity contribution in [3.8, 4) is 11.1 Å². The van der Waals surface area contributed by atoms with Gasteiger partial charge >= 0.3 is 6.18 Å². The van der Waals surface area contributed by atoms with E-state index in [1.165, 1.54) is 12.1 Å². The normalized spacial score (nSPS) is 11.8. The van der Waals surface area contributed by atoms with Crippen molar-refractivity contribution in [2.24, 2.45) is 0 Å². The van der Waals surface area contributed by atoms with Gasteiger partial charge in [-0.3, -0.25) is 4.79 Å². The van der Waals surface area contributed by atoms with Crippen LogP contribution in [0.15, 0.2) is 53.3 Å². The first-order valence-electron chi connectivity index (χ1n) is 6.16. The maximum Gasteiger partial charge on any atom is 0.417 e. The first-order chi connectivity index (χ1) is 9.95. The van der Waals surface area contributed by atoms with Gasteiger partial charge in [-0.15, -0.1) is 0 Å². The van der Waals surface area contributed by atoms with Gasteiger partial charge in [0, 0.05) is 5.52 Å². The predicted octanol–water partition coefficient (Wildman–Crippen LogP) is 4.01. The van der Waals surface area contributed by atoms with Gasteiger partial charge < -0.3 is 4.98 Å². The number of aromatic amines is 1. The number of halogens is 3. The molecule has 1 N–H and O–H groups in total. The van der Waals surface area contributed by atoms with Crippen molar-refractivity contribution in [3.63, 3.8) is 0 Å². The third kappa shape index (κ3) is 2.54. The van der Waals surface area contributed by atoms with Gasteiger partial charge in [-0.05, 0) is 34.7 Å². The Morgan fingerprint density at radius 3 is 2.43 bits per heavy atom. The Kier molecular flexibility index (Phi) is 3.05. The number of pyridine rings is 1. The van der Waals surface area contributed by atoms with E-state index in [0.717, 1.165) is 6.07 Å². The quantitative estimate of drug-likeness (QED) is 0.721. The molecule has 2 aromatic carbocycles. The zero-order chi connectivity index (χ0) is 15.0. The number of hydrogen-bond acceptors (Lipinski definition) is 1. The van der Waals surface area contributed by atoms with Crippen molar-refractivity contribution in [3.05, 3.63) is 70.5 Å². The van der Waals surface area contributed by atoms with Gasteiger partial charge in [0.25, 0.3) is 5.56 Å². The number of rotatable bonds is 1. The van der Waals surface area contributed by atoms with Crippen molar-refractivity contribution >= 4 is 10.9 Å². The summed E-state index contributed by atoms with van der Waals surface area (Å²) in [6, 6.07) is 14.5. The maximum absolute atomic E-state index is 13.3. The molecule has 105 valence electrons. The summed E-state index contributed by atoms with van der Waals surface area (Å²) in [6.45, 7) is 0. The highest BCUT2D eigenvalue weighted by molar-refractivity contribution is 5.86. The minimum atomic E-state index is -4.50. The van der Waals surface area contributed by atoms with Crippen LogP contribution in [0, 0.1) is 6.07 Å². The van der Waals surface area contributed by atoms with Crippen LogP contribution in [-0.2, 0) is 6.18 Å². The van der Waals surface area contributed by atoms with Crippen LogP contribution in [-0.4, -0.2) is 4.98 Å². The van der Waals surface area contributed by atoms with E-state index in [4.69, 9.17) is 0 Å². The van der Waals surface area contributed by atoms with Crippen LogP contribution in [0.4, 0.5) is 13.2 Å². The second kappa shape index (κ2) is 4.77. The Balaban J connectivity index is 2.36. The van der Waals surface area contributed by atoms with E-state index in [9.17, 15) is 18.0 Å². The average molecular weight is 288 g/mol. The van der Waals surface area contributed by atoms with E-state index in [1.807, 2.05) is 0 Å². The van der Waals surface area contributed by atoms with Gasteiger partial charge in [-0.2, -0.15) is 13.2 Å². The number of alkyl halides is 3. The van der Waals surface area contributed by atoms with Gasteiger partial charge in [-0.25, -0.2) is 0 Å². The molecule has 0 atom stereocenters. The highest BCUT2D eigenvalue weighted by Crippen LogP contribution is 2.38. The first-order valence-corrected chi connectivity index (χ1v) is 6.16. The molecule has 0 bridgehead atoms. The van der Waals surface area contributed by atoms with Crippen molar-refractivity contribution in [1.29, 1.82) is 0 Å². The molecule has 0 unspecified atom stereocenters. The Morgan fingerprint density at radius 1 is 1.05 bits per heavy atom. The lowest BCUT2D eigenvalue weighted by Crippen LogP contribution is -2.09. The van der Waals surface area contributed by atoms with Gasteiger partial charge in [0.15, 0.2) is 0 Å². The second-order valence-corrected chi connectivity index (χ2v) is 4.59. The molecule has 0 saturated carbocycles. The summed E-state index contributed by atoms with van der Waals surface area (Å²) < 4.78 is 39.8. The number of hydrogen-bond donors (Lipinski definition) is 1. The molecule has 0 aliphatic rings. The van der Waals surface area contributed by atoms with Crippen LogP contribution in [0.1, 0.15) is 5.56 Å². The molecule has 5 heteroatoms. The fraction of sp³-hybridized carbons (Fsp3) is 0.0625. The highest BCUT2D eigenvalue weighted by Gasteiger charge is 2.34. The van der Waals surface area contributed by atoms with Crippen LogP contribution in [0.5, 0.6) is 0 Å². The lowest BCUT2D eigenvalue weighted by atomic mass is 9.97. The Hall–Kier alpha value is -2.56. The molecule has 21 heavy (non-hydrogen) atoms. The van der Waals surface area contributed by atoms with Crippen LogP contribution < -0.4 is 5.56 Å². The molecule has 0 aliphatic heterocycles. The molecule has 0 fully saturated rings. The monoisotopic (exact) mass is 288 g/mol. The molecular weight excluding hydrogens is 279 g/mol. The van der Waals surface area contributed by atoms with E-state index in [-0.39, 0.29) is 11.1 Å². The second-order valence-electron chi connectivity index (χ2n) is 4.59. The summed E-state index contributed by atoms with van der Waals surface area (Å²) in [7, 11) is 0. The maximum atomic E-state index is 13.3. The van der Waals surface area contributed by atoms with E-state index >= 15 is 0 Å². The minimum Gasteiger partial charge on any atom is -0.321 e. The van der Waals surface area contributed by atoms with E-state index in [2.05, 4.69) is 11.1 Å². The SMILES string of the molecule is O=c1[c]cc2cc(-c3ccccc3)c(C(F)(F)F)cc2[nH]1. The number of benzene rings is 2. The summed E-state index contributed by atoms with van der Waals surface area (Å²) in [6.07, 6.45) is -4.50. The van der Waals surface area contributed by atoms with Crippen molar-refractivity contribution in [2.45, 2.75) is 6.18 Å². The van der Waals surface area contributed by atoms with Gasteiger partial charge in [0.05, 0.1) is 11.6 Å². The van der Waals surface area contributed by atoms with Crippen LogP contribution in [0.2, 0.25) is 0 Å². The van der Waals surface area contributed by atoms with Gasteiger partial charge in [-0.1, -0.05) is 30.3 Å². The zero-order valence-electron chi connectivity index (χ0n) is 10.7. The van der Waals surface area contributed by atoms with Crippen molar-refractivity contribution < 1.29 is 13.2 Å². The summed E-state index contributed by atoms with van der Waals surface area (Å²) >= 11 is 0. The topological polar surface area (TPSA) is 32.9 Å². The number of aromatic nitrogens is 1.